The third-order valence-corrected chi connectivity index (χ3v) is 4.37. The van der Waals surface area contributed by atoms with Gasteiger partial charge in [-0.25, -0.2) is 0 Å². The van der Waals surface area contributed by atoms with Crippen LogP contribution in [0.2, 0.25) is 5.02 Å². The molecular formula is C21H23Cl2F3N2O. The second kappa shape index (κ2) is 11.2. The normalized spacial score (nSPS) is 12.7. The minimum absolute atomic E-state index is 0. The second-order valence-electron chi connectivity index (χ2n) is 6.66. The molecule has 29 heavy (non-hydrogen) atoms. The molecule has 2 aromatic rings. The van der Waals surface area contributed by atoms with Gasteiger partial charge < -0.3 is 10.2 Å². The van der Waals surface area contributed by atoms with Gasteiger partial charge in [-0.2, -0.15) is 13.2 Å². The van der Waals surface area contributed by atoms with Crippen LogP contribution in [-0.4, -0.2) is 31.4 Å². The highest BCUT2D eigenvalue weighted by molar-refractivity contribution is 6.30. The van der Waals surface area contributed by atoms with Gasteiger partial charge in [0.25, 0.3) is 0 Å². The summed E-state index contributed by atoms with van der Waals surface area (Å²) in [6.45, 7) is 0.774. The molecule has 2 aromatic carbocycles. The number of rotatable bonds is 7. The Hall–Kier alpha value is -2.02. The summed E-state index contributed by atoms with van der Waals surface area (Å²) in [7, 11) is 3.90. The van der Waals surface area contributed by atoms with Gasteiger partial charge in [0.2, 0.25) is 5.91 Å². The van der Waals surface area contributed by atoms with Crippen LogP contribution >= 0.6 is 24.0 Å². The number of hydrogen-bond acceptors (Lipinski definition) is 2. The Bertz CT molecular complexity index is 804. The van der Waals surface area contributed by atoms with E-state index in [0.29, 0.717) is 17.0 Å². The molecule has 0 fully saturated rings. The van der Waals surface area contributed by atoms with Gasteiger partial charge in [0.05, 0.1) is 11.6 Å². The third kappa shape index (κ3) is 8.48. The molecule has 3 nitrogen and oxygen atoms in total. The largest absolute Gasteiger partial charge is 0.416 e. The number of alkyl halides is 3. The molecule has 0 bridgehead atoms. The lowest BCUT2D eigenvalue weighted by molar-refractivity contribution is -0.137. The lowest BCUT2D eigenvalue weighted by Gasteiger charge is -2.20. The first kappa shape index (κ1) is 25.0. The summed E-state index contributed by atoms with van der Waals surface area (Å²) in [6.07, 6.45) is -0.867. The van der Waals surface area contributed by atoms with Gasteiger partial charge >= 0.3 is 6.18 Å². The van der Waals surface area contributed by atoms with Crippen LogP contribution in [-0.2, 0) is 11.0 Å². The van der Waals surface area contributed by atoms with Crippen LogP contribution in [0.25, 0.3) is 6.08 Å². The molecule has 0 radical (unpaired) electrons. The number of nitrogens with one attached hydrogen (secondary N) is 1. The van der Waals surface area contributed by atoms with Crippen LogP contribution in [0.15, 0.2) is 54.6 Å². The molecule has 0 aliphatic heterocycles. The number of amides is 1. The van der Waals surface area contributed by atoms with Gasteiger partial charge in [0.1, 0.15) is 0 Å². The van der Waals surface area contributed by atoms with E-state index in [1.807, 2.05) is 31.1 Å². The van der Waals surface area contributed by atoms with Crippen LogP contribution in [0.1, 0.15) is 29.2 Å². The fourth-order valence-corrected chi connectivity index (χ4v) is 2.71. The van der Waals surface area contributed by atoms with E-state index in [4.69, 9.17) is 11.6 Å². The standard InChI is InChI=1S/C21H22ClF3N2O.ClH/c1-27(2)14-13-19(16-6-10-18(22)11-7-16)26-20(28)12-5-15-3-8-17(9-4-15)21(23,24)25;/h3-12,19H,13-14H2,1-2H3,(H,26,28);1H. The van der Waals surface area contributed by atoms with Crippen molar-refractivity contribution in [3.8, 4) is 0 Å². The number of carbonyl (C=O) groups excluding carboxylic acids is 1. The Balaban J connectivity index is 0.00000420. The molecule has 0 spiro atoms. The summed E-state index contributed by atoms with van der Waals surface area (Å²) in [4.78, 5) is 14.3. The molecule has 1 unspecified atom stereocenters. The molecule has 158 valence electrons. The molecule has 1 N–H and O–H groups in total. The lowest BCUT2D eigenvalue weighted by atomic mass is 10.0. The van der Waals surface area contributed by atoms with E-state index in [1.165, 1.54) is 24.3 Å². The van der Waals surface area contributed by atoms with Crippen molar-refractivity contribution in [3.05, 3.63) is 76.3 Å². The van der Waals surface area contributed by atoms with Gasteiger partial charge in [0.15, 0.2) is 0 Å². The smallest absolute Gasteiger partial charge is 0.346 e. The van der Waals surface area contributed by atoms with E-state index in [-0.39, 0.29) is 24.4 Å². The fraction of sp³-hybridized carbons (Fsp3) is 0.286. The van der Waals surface area contributed by atoms with Crippen molar-refractivity contribution >= 4 is 36.0 Å². The zero-order valence-electron chi connectivity index (χ0n) is 16.0. The van der Waals surface area contributed by atoms with Crippen LogP contribution in [0.5, 0.6) is 0 Å². The minimum Gasteiger partial charge on any atom is -0.346 e. The first-order valence-corrected chi connectivity index (χ1v) is 9.09. The number of halogens is 5. The maximum Gasteiger partial charge on any atom is 0.416 e. The molecule has 0 aromatic heterocycles. The Morgan fingerprint density at radius 1 is 1.10 bits per heavy atom. The summed E-state index contributed by atoms with van der Waals surface area (Å²) in [5.41, 5.74) is 0.725. The Morgan fingerprint density at radius 3 is 2.21 bits per heavy atom. The SMILES string of the molecule is CN(C)CCC(NC(=O)C=Cc1ccc(C(F)(F)F)cc1)c1ccc(Cl)cc1.Cl. The predicted octanol–water partition coefficient (Wildman–Crippen LogP) is 5.60. The Morgan fingerprint density at radius 2 is 1.69 bits per heavy atom. The highest BCUT2D eigenvalue weighted by atomic mass is 35.5. The third-order valence-electron chi connectivity index (χ3n) is 4.12. The molecule has 2 rings (SSSR count). The van der Waals surface area contributed by atoms with Gasteiger partial charge in [-0.1, -0.05) is 35.9 Å². The van der Waals surface area contributed by atoms with Crippen molar-refractivity contribution in [1.29, 1.82) is 0 Å². The molecule has 8 heteroatoms. The topological polar surface area (TPSA) is 32.3 Å². The maximum atomic E-state index is 12.6. The van der Waals surface area contributed by atoms with E-state index < -0.39 is 11.7 Å². The van der Waals surface area contributed by atoms with Gasteiger partial charge in [0, 0.05) is 11.1 Å². The van der Waals surface area contributed by atoms with E-state index in [1.54, 1.807) is 12.1 Å². The average Bonchev–Trinajstić information content (AvgIpc) is 2.63. The summed E-state index contributed by atoms with van der Waals surface area (Å²) < 4.78 is 37.8. The molecule has 1 amide bonds. The van der Waals surface area contributed by atoms with E-state index in [9.17, 15) is 18.0 Å². The van der Waals surface area contributed by atoms with Crippen LogP contribution in [0, 0.1) is 0 Å². The monoisotopic (exact) mass is 446 g/mol. The van der Waals surface area contributed by atoms with Crippen molar-refractivity contribution in [1.82, 2.24) is 10.2 Å². The zero-order chi connectivity index (χ0) is 20.7. The number of nitrogens with zero attached hydrogens (tertiary/aromatic N) is 1. The van der Waals surface area contributed by atoms with E-state index in [2.05, 4.69) is 5.32 Å². The lowest BCUT2D eigenvalue weighted by Crippen LogP contribution is -2.29. The van der Waals surface area contributed by atoms with Crippen LogP contribution in [0.3, 0.4) is 0 Å². The highest BCUT2D eigenvalue weighted by Crippen LogP contribution is 2.29. The number of carbonyl (C=O) groups is 1. The van der Waals surface area contributed by atoms with Crippen molar-refractivity contribution in [2.45, 2.75) is 18.6 Å². The van der Waals surface area contributed by atoms with Crippen LogP contribution in [0.4, 0.5) is 13.2 Å². The highest BCUT2D eigenvalue weighted by Gasteiger charge is 2.29. The van der Waals surface area contributed by atoms with Crippen molar-refractivity contribution in [2.24, 2.45) is 0 Å². The first-order valence-electron chi connectivity index (χ1n) is 8.71. The molecule has 0 aliphatic carbocycles. The molecule has 0 heterocycles. The van der Waals surface area contributed by atoms with E-state index >= 15 is 0 Å². The van der Waals surface area contributed by atoms with Crippen LogP contribution < -0.4 is 5.32 Å². The van der Waals surface area contributed by atoms with Gasteiger partial charge in [-0.15, -0.1) is 12.4 Å². The predicted molar refractivity (Wildman–Crippen MR) is 113 cm³/mol. The first-order chi connectivity index (χ1) is 13.1. The van der Waals surface area contributed by atoms with E-state index in [0.717, 1.165) is 24.2 Å². The maximum absolute atomic E-state index is 12.6. The molecule has 0 saturated heterocycles. The quantitative estimate of drug-likeness (QED) is 0.561. The summed E-state index contributed by atoms with van der Waals surface area (Å²) >= 11 is 5.93. The molecule has 0 aliphatic rings. The molecular weight excluding hydrogens is 424 g/mol. The minimum atomic E-state index is -4.38. The Kier molecular flexibility index (Phi) is 9.70. The molecule has 1 atom stereocenters. The number of benzene rings is 2. The fourth-order valence-electron chi connectivity index (χ4n) is 2.58. The molecule has 0 saturated carbocycles. The zero-order valence-corrected chi connectivity index (χ0v) is 17.6. The Labute approximate surface area is 180 Å². The van der Waals surface area contributed by atoms with Gasteiger partial charge in [-0.3, -0.25) is 4.79 Å². The summed E-state index contributed by atoms with van der Waals surface area (Å²) in [5.74, 6) is -0.321. The summed E-state index contributed by atoms with van der Waals surface area (Å²) in [6, 6.07) is 11.7. The summed E-state index contributed by atoms with van der Waals surface area (Å²) in [5, 5.41) is 3.55. The van der Waals surface area contributed by atoms with Crippen molar-refractivity contribution in [3.63, 3.8) is 0 Å². The second-order valence-corrected chi connectivity index (χ2v) is 7.09. The van der Waals surface area contributed by atoms with Gasteiger partial charge in [-0.05, 0) is 68.5 Å². The van der Waals surface area contributed by atoms with Crippen molar-refractivity contribution in [2.75, 3.05) is 20.6 Å². The van der Waals surface area contributed by atoms with Crippen molar-refractivity contribution < 1.29 is 18.0 Å². The average molecular weight is 447 g/mol. The number of hydrogen-bond donors (Lipinski definition) is 1.